The number of hydrogen-bond acceptors (Lipinski definition) is 1. The van der Waals surface area contributed by atoms with Gasteiger partial charge in [-0.3, -0.25) is 4.79 Å². The molecule has 1 aromatic carbocycles. The molecule has 104 valence electrons. The van der Waals surface area contributed by atoms with E-state index in [1.54, 1.807) is 0 Å². The van der Waals surface area contributed by atoms with Crippen LogP contribution in [0.2, 0.25) is 0 Å². The molecule has 1 atom stereocenters. The van der Waals surface area contributed by atoms with Crippen molar-refractivity contribution in [2.24, 2.45) is 11.8 Å². The van der Waals surface area contributed by atoms with Crippen molar-refractivity contribution in [1.29, 1.82) is 0 Å². The van der Waals surface area contributed by atoms with E-state index in [9.17, 15) is 4.79 Å². The lowest BCUT2D eigenvalue weighted by molar-refractivity contribution is -0.117. The molecule has 1 aliphatic carbocycles. The van der Waals surface area contributed by atoms with E-state index < -0.39 is 0 Å². The van der Waals surface area contributed by atoms with E-state index in [0.29, 0.717) is 10.7 Å². The molecule has 0 bridgehead atoms. The van der Waals surface area contributed by atoms with Crippen molar-refractivity contribution in [2.45, 2.75) is 44.4 Å². The zero-order chi connectivity index (χ0) is 13.8. The van der Waals surface area contributed by atoms with Gasteiger partial charge in [-0.1, -0.05) is 41.9 Å². The van der Waals surface area contributed by atoms with Crippen LogP contribution in [0, 0.1) is 11.8 Å². The summed E-state index contributed by atoms with van der Waals surface area (Å²) in [6.45, 7) is 4.48. The predicted molar refractivity (Wildman–Crippen MR) is 83.7 cm³/mol. The highest BCUT2D eigenvalue weighted by Crippen LogP contribution is 2.30. The van der Waals surface area contributed by atoms with Crippen LogP contribution in [-0.4, -0.2) is 10.7 Å². The average Bonchev–Trinajstić information content (AvgIpc) is 3.14. The Morgan fingerprint density at radius 2 is 1.95 bits per heavy atom. The van der Waals surface area contributed by atoms with Crippen molar-refractivity contribution >= 4 is 27.5 Å². The average molecular weight is 324 g/mol. The largest absolute Gasteiger partial charge is 0.326 e. The summed E-state index contributed by atoms with van der Waals surface area (Å²) in [4.78, 5) is 12.2. The third kappa shape index (κ3) is 4.98. The Bertz CT molecular complexity index is 423. The second kappa shape index (κ2) is 6.56. The van der Waals surface area contributed by atoms with Crippen LogP contribution in [0.4, 0.5) is 5.69 Å². The van der Waals surface area contributed by atoms with E-state index in [1.807, 2.05) is 12.1 Å². The van der Waals surface area contributed by atoms with Crippen LogP contribution < -0.4 is 5.32 Å². The van der Waals surface area contributed by atoms with Crippen LogP contribution in [0.25, 0.3) is 0 Å². The Kier molecular flexibility index (Phi) is 5.03. The van der Waals surface area contributed by atoms with Gasteiger partial charge >= 0.3 is 0 Å². The molecule has 3 heteroatoms. The summed E-state index contributed by atoms with van der Waals surface area (Å²) in [5.74, 6) is 1.14. The number of anilines is 1. The number of hydrogen-bond donors (Lipinski definition) is 1. The molecule has 1 saturated carbocycles. The number of halogens is 1. The van der Waals surface area contributed by atoms with Crippen LogP contribution in [0.5, 0.6) is 0 Å². The van der Waals surface area contributed by atoms with E-state index in [-0.39, 0.29) is 11.8 Å². The Labute approximate surface area is 124 Å². The molecular formula is C16H22BrNO. The molecule has 0 spiro atoms. The van der Waals surface area contributed by atoms with Gasteiger partial charge in [0.25, 0.3) is 0 Å². The maximum absolute atomic E-state index is 11.6. The van der Waals surface area contributed by atoms with Gasteiger partial charge in [0.2, 0.25) is 5.91 Å². The number of nitrogens with one attached hydrogen (secondary N) is 1. The van der Waals surface area contributed by atoms with Crippen LogP contribution in [0.1, 0.15) is 38.7 Å². The summed E-state index contributed by atoms with van der Waals surface area (Å²) in [6, 6.07) is 8.23. The fourth-order valence-electron chi connectivity index (χ4n) is 2.16. The number of benzene rings is 1. The summed E-state index contributed by atoms with van der Waals surface area (Å²) in [7, 11) is 0. The molecule has 1 N–H and O–H groups in total. The van der Waals surface area contributed by atoms with E-state index in [4.69, 9.17) is 0 Å². The fourth-order valence-corrected chi connectivity index (χ4v) is 3.29. The molecule has 0 radical (unpaired) electrons. The molecule has 0 heterocycles. The Morgan fingerprint density at radius 1 is 1.32 bits per heavy atom. The van der Waals surface area contributed by atoms with E-state index >= 15 is 0 Å². The van der Waals surface area contributed by atoms with Crippen molar-refractivity contribution in [2.75, 3.05) is 5.32 Å². The summed E-state index contributed by atoms with van der Waals surface area (Å²) >= 11 is 3.73. The molecule has 0 saturated heterocycles. The maximum Gasteiger partial charge on any atom is 0.227 e. The third-order valence-corrected chi connectivity index (χ3v) is 4.05. The van der Waals surface area contributed by atoms with Crippen LogP contribution >= 0.6 is 15.9 Å². The highest BCUT2D eigenvalue weighted by molar-refractivity contribution is 9.09. The van der Waals surface area contributed by atoms with E-state index in [1.165, 1.54) is 12.0 Å². The summed E-state index contributed by atoms with van der Waals surface area (Å²) in [5, 5.41) is 2.97. The Hall–Kier alpha value is -0.830. The zero-order valence-electron chi connectivity index (χ0n) is 11.7. The van der Waals surface area contributed by atoms with Gasteiger partial charge in [-0.15, -0.1) is 0 Å². The maximum atomic E-state index is 11.6. The van der Waals surface area contributed by atoms with Gasteiger partial charge in [0.05, 0.1) is 0 Å². The number of carbonyl (C=O) groups is 1. The summed E-state index contributed by atoms with van der Waals surface area (Å²) in [5.41, 5.74) is 2.22. The highest BCUT2D eigenvalue weighted by atomic mass is 79.9. The van der Waals surface area contributed by atoms with Crippen molar-refractivity contribution in [3.05, 3.63) is 29.8 Å². The highest BCUT2D eigenvalue weighted by Gasteiger charge is 2.29. The zero-order valence-corrected chi connectivity index (χ0v) is 13.2. The van der Waals surface area contributed by atoms with Crippen molar-refractivity contribution in [1.82, 2.24) is 0 Å². The molecule has 1 unspecified atom stereocenters. The second-order valence-corrected chi connectivity index (χ2v) is 7.19. The van der Waals surface area contributed by atoms with Gasteiger partial charge in [0, 0.05) is 16.4 Å². The number of alkyl halides is 1. The first-order valence-electron chi connectivity index (χ1n) is 7.08. The topological polar surface area (TPSA) is 29.1 Å². The molecule has 0 aliphatic heterocycles. The molecule has 0 aromatic heterocycles. The van der Waals surface area contributed by atoms with Crippen molar-refractivity contribution in [3.63, 3.8) is 0 Å². The standard InChI is InChI=1S/C16H22BrNO/c1-11(2)9-14(17)10-12-3-7-15(8-4-12)18-16(19)13-5-6-13/h3-4,7-8,11,13-14H,5-6,9-10H2,1-2H3,(H,18,19). The molecule has 2 nitrogen and oxygen atoms in total. The van der Waals surface area contributed by atoms with E-state index in [2.05, 4.69) is 47.2 Å². The van der Waals surface area contributed by atoms with Gasteiger partial charge in [-0.05, 0) is 49.3 Å². The molecule has 1 aliphatic rings. The van der Waals surface area contributed by atoms with Crippen LogP contribution in [0.15, 0.2) is 24.3 Å². The fraction of sp³-hybridized carbons (Fsp3) is 0.562. The number of carbonyl (C=O) groups excluding carboxylic acids is 1. The second-order valence-electron chi connectivity index (χ2n) is 5.89. The summed E-state index contributed by atoms with van der Waals surface area (Å²) < 4.78 is 0. The molecule has 2 rings (SSSR count). The molecule has 19 heavy (non-hydrogen) atoms. The Balaban J connectivity index is 1.85. The van der Waals surface area contributed by atoms with Gasteiger partial charge in [-0.25, -0.2) is 0 Å². The van der Waals surface area contributed by atoms with Gasteiger partial charge < -0.3 is 5.32 Å². The minimum Gasteiger partial charge on any atom is -0.326 e. The number of rotatable bonds is 6. The molecule has 1 aromatic rings. The number of amides is 1. The quantitative estimate of drug-likeness (QED) is 0.773. The predicted octanol–water partition coefficient (Wildman–Crippen LogP) is 4.39. The SMILES string of the molecule is CC(C)CC(Br)Cc1ccc(NC(=O)C2CC2)cc1. The minimum atomic E-state index is 0.172. The van der Waals surface area contributed by atoms with Crippen LogP contribution in [-0.2, 0) is 11.2 Å². The lowest BCUT2D eigenvalue weighted by Crippen LogP contribution is -2.13. The molecular weight excluding hydrogens is 302 g/mol. The van der Waals surface area contributed by atoms with Crippen molar-refractivity contribution < 1.29 is 4.79 Å². The molecule has 1 fully saturated rings. The smallest absolute Gasteiger partial charge is 0.227 e. The summed E-state index contributed by atoms with van der Waals surface area (Å²) in [6.07, 6.45) is 4.31. The first kappa shape index (κ1) is 14.6. The van der Waals surface area contributed by atoms with E-state index in [0.717, 1.165) is 24.9 Å². The lowest BCUT2D eigenvalue weighted by atomic mass is 10.0. The Morgan fingerprint density at radius 3 is 2.47 bits per heavy atom. The van der Waals surface area contributed by atoms with Gasteiger partial charge in [-0.2, -0.15) is 0 Å². The molecule has 1 amide bonds. The first-order valence-corrected chi connectivity index (χ1v) is 8.00. The van der Waals surface area contributed by atoms with Crippen molar-refractivity contribution in [3.8, 4) is 0 Å². The first-order chi connectivity index (χ1) is 9.04. The van der Waals surface area contributed by atoms with Gasteiger partial charge in [0.1, 0.15) is 0 Å². The lowest BCUT2D eigenvalue weighted by Gasteiger charge is -2.12. The monoisotopic (exact) mass is 323 g/mol. The minimum absolute atomic E-state index is 0.172. The van der Waals surface area contributed by atoms with Gasteiger partial charge in [0.15, 0.2) is 0 Å². The third-order valence-electron chi connectivity index (χ3n) is 3.35. The van der Waals surface area contributed by atoms with Crippen LogP contribution in [0.3, 0.4) is 0 Å². The normalized spacial score (nSPS) is 16.4.